The van der Waals surface area contributed by atoms with E-state index in [1.807, 2.05) is 25.2 Å². The Hall–Kier alpha value is -2.24. The highest BCUT2D eigenvalue weighted by Gasteiger charge is 2.09. The Morgan fingerprint density at radius 1 is 1.09 bits per heavy atom. The number of amides is 2. The Bertz CT molecular complexity index is 465. The lowest BCUT2D eigenvalue weighted by Gasteiger charge is -2.20. The summed E-state index contributed by atoms with van der Waals surface area (Å²) in [5, 5.41) is 11.4. The molecular formula is C16H25N3O3. The van der Waals surface area contributed by atoms with Crippen molar-refractivity contribution in [3.63, 3.8) is 0 Å². The number of nitrogens with one attached hydrogen (secondary N) is 1. The Kier molecular flexibility index (Phi) is 7.81. The number of hydrogen-bond acceptors (Lipinski definition) is 3. The number of carboxylic acid groups (broad SMARTS) is 1. The summed E-state index contributed by atoms with van der Waals surface area (Å²) in [6.45, 7) is 1.74. The topological polar surface area (TPSA) is 72.9 Å². The first-order chi connectivity index (χ1) is 10.5. The van der Waals surface area contributed by atoms with Crippen LogP contribution in [0.5, 0.6) is 0 Å². The smallest absolute Gasteiger partial charge is 0.317 e. The molecule has 0 saturated heterocycles. The number of hydrogen-bond donors (Lipinski definition) is 2. The molecule has 1 rings (SSSR count). The van der Waals surface area contributed by atoms with E-state index in [1.165, 1.54) is 10.6 Å². The molecule has 0 heterocycles. The van der Waals surface area contributed by atoms with Crippen LogP contribution in [0, 0.1) is 0 Å². The number of nitrogens with zero attached hydrogens (tertiary/aromatic N) is 2. The van der Waals surface area contributed by atoms with Gasteiger partial charge in [-0.3, -0.25) is 4.79 Å². The lowest BCUT2D eigenvalue weighted by atomic mass is 10.2. The molecule has 0 unspecified atom stereocenters. The molecular weight excluding hydrogens is 282 g/mol. The molecule has 0 bridgehead atoms. The van der Waals surface area contributed by atoms with Crippen molar-refractivity contribution in [3.05, 3.63) is 30.3 Å². The second-order valence-electron chi connectivity index (χ2n) is 5.26. The summed E-state index contributed by atoms with van der Waals surface area (Å²) in [4.78, 5) is 25.7. The minimum absolute atomic E-state index is 0.0359. The zero-order valence-corrected chi connectivity index (χ0v) is 13.3. The van der Waals surface area contributed by atoms with E-state index in [4.69, 9.17) is 5.11 Å². The van der Waals surface area contributed by atoms with Gasteiger partial charge in [0, 0.05) is 39.4 Å². The molecule has 0 atom stereocenters. The molecule has 122 valence electrons. The Balaban J connectivity index is 2.12. The van der Waals surface area contributed by atoms with Crippen molar-refractivity contribution in [1.82, 2.24) is 10.2 Å². The van der Waals surface area contributed by atoms with E-state index < -0.39 is 5.97 Å². The molecule has 6 heteroatoms. The number of aliphatic carboxylic acids is 1. The van der Waals surface area contributed by atoms with E-state index in [2.05, 4.69) is 22.3 Å². The van der Waals surface area contributed by atoms with Gasteiger partial charge in [0.15, 0.2) is 0 Å². The fourth-order valence-electron chi connectivity index (χ4n) is 1.98. The highest BCUT2D eigenvalue weighted by molar-refractivity contribution is 5.74. The second-order valence-corrected chi connectivity index (χ2v) is 5.26. The number of para-hydroxylation sites is 1. The zero-order valence-electron chi connectivity index (χ0n) is 13.3. The Morgan fingerprint density at radius 3 is 2.41 bits per heavy atom. The van der Waals surface area contributed by atoms with E-state index in [0.717, 1.165) is 19.4 Å². The molecule has 0 saturated carbocycles. The number of benzene rings is 1. The van der Waals surface area contributed by atoms with Crippen LogP contribution in [0.2, 0.25) is 0 Å². The van der Waals surface area contributed by atoms with Gasteiger partial charge in [-0.05, 0) is 25.0 Å². The molecule has 22 heavy (non-hydrogen) atoms. The maximum Gasteiger partial charge on any atom is 0.317 e. The van der Waals surface area contributed by atoms with Crippen LogP contribution in [0.3, 0.4) is 0 Å². The van der Waals surface area contributed by atoms with Gasteiger partial charge in [-0.15, -0.1) is 0 Å². The van der Waals surface area contributed by atoms with Gasteiger partial charge in [0.2, 0.25) is 0 Å². The van der Waals surface area contributed by atoms with Crippen molar-refractivity contribution in [2.24, 2.45) is 0 Å². The summed E-state index contributed by atoms with van der Waals surface area (Å²) in [7, 11) is 3.65. The Labute approximate surface area is 131 Å². The van der Waals surface area contributed by atoms with Gasteiger partial charge >= 0.3 is 12.0 Å². The molecule has 0 aliphatic carbocycles. The van der Waals surface area contributed by atoms with Gasteiger partial charge in [0.1, 0.15) is 0 Å². The van der Waals surface area contributed by atoms with Crippen LogP contribution in [-0.4, -0.2) is 55.7 Å². The first-order valence-electron chi connectivity index (χ1n) is 7.47. The Morgan fingerprint density at radius 2 is 1.77 bits per heavy atom. The third-order valence-electron chi connectivity index (χ3n) is 3.40. The van der Waals surface area contributed by atoms with Crippen LogP contribution in [0.15, 0.2) is 30.3 Å². The number of urea groups is 1. The van der Waals surface area contributed by atoms with E-state index >= 15 is 0 Å². The number of carboxylic acids is 1. The molecule has 2 N–H and O–H groups in total. The van der Waals surface area contributed by atoms with Gasteiger partial charge in [0.25, 0.3) is 0 Å². The third-order valence-corrected chi connectivity index (χ3v) is 3.40. The third kappa shape index (κ3) is 6.97. The lowest BCUT2D eigenvalue weighted by molar-refractivity contribution is -0.137. The van der Waals surface area contributed by atoms with Gasteiger partial charge < -0.3 is 20.2 Å². The second kappa shape index (κ2) is 9.65. The van der Waals surface area contributed by atoms with Crippen LogP contribution >= 0.6 is 0 Å². The number of carbonyl (C=O) groups is 2. The summed E-state index contributed by atoms with van der Waals surface area (Å²) in [6.07, 6.45) is 1.83. The number of carbonyl (C=O) groups excluding carboxylic acids is 1. The molecule has 0 fully saturated rings. The van der Waals surface area contributed by atoms with Crippen LogP contribution in [0.1, 0.15) is 19.3 Å². The van der Waals surface area contributed by atoms with E-state index in [0.29, 0.717) is 6.54 Å². The lowest BCUT2D eigenvalue weighted by Crippen LogP contribution is -2.38. The van der Waals surface area contributed by atoms with Crippen molar-refractivity contribution in [2.45, 2.75) is 19.3 Å². The molecule has 2 amide bonds. The van der Waals surface area contributed by atoms with Gasteiger partial charge in [-0.1, -0.05) is 18.2 Å². The van der Waals surface area contributed by atoms with Crippen molar-refractivity contribution in [1.29, 1.82) is 0 Å². The average molecular weight is 307 g/mol. The van der Waals surface area contributed by atoms with Crippen molar-refractivity contribution in [3.8, 4) is 0 Å². The maximum atomic E-state index is 11.7. The predicted octanol–water partition coefficient (Wildman–Crippen LogP) is 2.02. The normalized spacial score (nSPS) is 10.1. The summed E-state index contributed by atoms with van der Waals surface area (Å²) in [5.41, 5.74) is 1.18. The van der Waals surface area contributed by atoms with Crippen molar-refractivity contribution >= 4 is 17.7 Å². The minimum atomic E-state index is -0.899. The molecule has 0 aliphatic heterocycles. The largest absolute Gasteiger partial charge is 0.481 e. The van der Waals surface area contributed by atoms with E-state index in [9.17, 15) is 9.59 Å². The van der Waals surface area contributed by atoms with Gasteiger partial charge in [0.05, 0.1) is 6.42 Å². The van der Waals surface area contributed by atoms with Crippen LogP contribution in [0.4, 0.5) is 10.5 Å². The monoisotopic (exact) mass is 307 g/mol. The van der Waals surface area contributed by atoms with Crippen molar-refractivity contribution < 1.29 is 14.7 Å². The molecule has 6 nitrogen and oxygen atoms in total. The quantitative estimate of drug-likeness (QED) is 0.685. The highest BCUT2D eigenvalue weighted by Crippen LogP contribution is 2.11. The molecule has 0 aliphatic rings. The van der Waals surface area contributed by atoms with E-state index in [-0.39, 0.29) is 19.0 Å². The summed E-state index contributed by atoms with van der Waals surface area (Å²) >= 11 is 0. The minimum Gasteiger partial charge on any atom is -0.481 e. The predicted molar refractivity (Wildman–Crippen MR) is 87.2 cm³/mol. The van der Waals surface area contributed by atoms with E-state index in [1.54, 1.807) is 7.05 Å². The van der Waals surface area contributed by atoms with Gasteiger partial charge in [-0.25, -0.2) is 4.79 Å². The average Bonchev–Trinajstić information content (AvgIpc) is 2.52. The summed E-state index contributed by atoms with van der Waals surface area (Å²) in [6, 6.07) is 9.93. The van der Waals surface area contributed by atoms with Gasteiger partial charge in [-0.2, -0.15) is 0 Å². The fourth-order valence-corrected chi connectivity index (χ4v) is 1.98. The van der Waals surface area contributed by atoms with Crippen LogP contribution in [-0.2, 0) is 4.79 Å². The summed E-state index contributed by atoms with van der Waals surface area (Å²) in [5.74, 6) is -0.899. The highest BCUT2D eigenvalue weighted by atomic mass is 16.4. The maximum absolute atomic E-state index is 11.7. The molecule has 0 spiro atoms. The number of rotatable bonds is 9. The van der Waals surface area contributed by atoms with Crippen molar-refractivity contribution in [2.75, 3.05) is 38.6 Å². The number of anilines is 1. The van der Waals surface area contributed by atoms with Crippen LogP contribution in [0.25, 0.3) is 0 Å². The molecule has 1 aromatic rings. The number of unbranched alkanes of at least 4 members (excludes halogenated alkanes) is 1. The standard InChI is InChI=1S/C16H25N3O3/c1-18(14-8-4-3-5-9-14)12-7-6-11-17-16(22)19(2)13-10-15(20)21/h3-5,8-9H,6-7,10-13H2,1-2H3,(H,17,22)(H,20,21). The molecule has 1 aromatic carbocycles. The molecule has 0 radical (unpaired) electrons. The summed E-state index contributed by atoms with van der Waals surface area (Å²) < 4.78 is 0. The first kappa shape index (κ1) is 17.8. The first-order valence-corrected chi connectivity index (χ1v) is 7.47. The zero-order chi connectivity index (χ0) is 16.4. The fraction of sp³-hybridized carbons (Fsp3) is 0.500. The molecule has 0 aromatic heterocycles. The van der Waals surface area contributed by atoms with Crippen LogP contribution < -0.4 is 10.2 Å². The SMILES string of the molecule is CN(CCC(=O)O)C(=O)NCCCCN(C)c1ccccc1.